The van der Waals surface area contributed by atoms with Crippen LogP contribution in [0.2, 0.25) is 0 Å². The van der Waals surface area contributed by atoms with Gasteiger partial charge in [-0.05, 0) is 116 Å². The van der Waals surface area contributed by atoms with E-state index < -0.39 is 0 Å². The number of ether oxygens (including phenoxy) is 9. The van der Waals surface area contributed by atoms with Crippen LogP contribution in [-0.2, 0) is 47.4 Å². The summed E-state index contributed by atoms with van der Waals surface area (Å²) in [4.78, 5) is 10.9. The number of esters is 1. The second kappa shape index (κ2) is 45.9. The molecule has 50 heavy (non-hydrogen) atoms. The van der Waals surface area contributed by atoms with Crippen LogP contribution in [0.1, 0.15) is 116 Å². The lowest BCUT2D eigenvalue weighted by atomic mass is 10.3. The molecule has 0 unspecified atom stereocenters. The van der Waals surface area contributed by atoms with E-state index in [0.29, 0.717) is 13.2 Å². The molecule has 11 nitrogen and oxygen atoms in total. The fourth-order valence-corrected chi connectivity index (χ4v) is 4.53. The normalized spacial score (nSPS) is 11.4. The number of unbranched alkanes of at least 4 members (excludes halogenated alkanes) is 9. The Morgan fingerprint density at radius 1 is 0.340 bits per heavy atom. The number of carbonyl (C=O) groups is 1. The first kappa shape index (κ1) is 48.9. The molecule has 1 N–H and O–H groups in total. The van der Waals surface area contributed by atoms with Crippen LogP contribution in [0.3, 0.4) is 0 Å². The maximum absolute atomic E-state index is 10.9. The molecule has 11 heteroatoms. The molecule has 0 aromatic carbocycles. The highest BCUT2D eigenvalue weighted by atomic mass is 16.5. The van der Waals surface area contributed by atoms with Crippen LogP contribution in [0.5, 0.6) is 0 Å². The van der Waals surface area contributed by atoms with Crippen LogP contribution >= 0.6 is 0 Å². The van der Waals surface area contributed by atoms with E-state index in [-0.39, 0.29) is 12.6 Å². The van der Waals surface area contributed by atoms with Gasteiger partial charge in [0.2, 0.25) is 0 Å². The summed E-state index contributed by atoms with van der Waals surface area (Å²) >= 11 is 0. The van der Waals surface area contributed by atoms with E-state index in [1.807, 2.05) is 0 Å². The molecule has 0 amide bonds. The summed E-state index contributed by atoms with van der Waals surface area (Å²) in [5.41, 5.74) is 0. The fraction of sp³-hybridized carbons (Fsp3) is 0.923. The first-order chi connectivity index (χ1) is 24.8. The third-order valence-corrected chi connectivity index (χ3v) is 7.58. The van der Waals surface area contributed by atoms with Gasteiger partial charge in [0.1, 0.15) is 0 Å². The van der Waals surface area contributed by atoms with Crippen molar-refractivity contribution in [3.63, 3.8) is 0 Å². The summed E-state index contributed by atoms with van der Waals surface area (Å²) in [6.07, 6.45) is 19.1. The average Bonchev–Trinajstić information content (AvgIpc) is 3.13. The lowest BCUT2D eigenvalue weighted by Crippen LogP contribution is -2.05. The van der Waals surface area contributed by atoms with Gasteiger partial charge in [-0.2, -0.15) is 0 Å². The third-order valence-electron chi connectivity index (χ3n) is 7.58. The van der Waals surface area contributed by atoms with Gasteiger partial charge in [0.15, 0.2) is 0 Å². The van der Waals surface area contributed by atoms with Crippen molar-refractivity contribution in [2.45, 2.75) is 116 Å². The summed E-state index contributed by atoms with van der Waals surface area (Å²) in [7, 11) is 0. The first-order valence-electron chi connectivity index (χ1n) is 19.8. The molecule has 0 aromatic heterocycles. The minimum Gasteiger partial charge on any atom is -0.463 e. The molecule has 0 aliphatic rings. The van der Waals surface area contributed by atoms with Crippen molar-refractivity contribution in [2.24, 2.45) is 0 Å². The summed E-state index contributed by atoms with van der Waals surface area (Å²) < 4.78 is 50.3. The molecule has 0 radical (unpaired) electrons. The predicted octanol–water partition coefficient (Wildman–Crippen LogP) is 6.86. The van der Waals surface area contributed by atoms with E-state index in [4.69, 9.17) is 47.7 Å². The number of hydrogen-bond donors (Lipinski definition) is 1. The standard InChI is InChI=1S/C39H76O11/c1-2-39(41)50-38-20-19-37-49-36-18-17-35-48-34-16-15-33-47-32-14-13-31-46-30-12-11-29-45-28-10-9-27-44-26-8-7-25-43-24-6-5-23-42-22-4-3-21-40/h2,40H,1,3-38H2. The summed E-state index contributed by atoms with van der Waals surface area (Å²) in [5, 5.41) is 8.72. The van der Waals surface area contributed by atoms with E-state index in [2.05, 4.69) is 6.58 Å². The van der Waals surface area contributed by atoms with Gasteiger partial charge in [0.05, 0.1) is 6.61 Å². The van der Waals surface area contributed by atoms with Gasteiger partial charge >= 0.3 is 5.97 Å². The fourth-order valence-electron chi connectivity index (χ4n) is 4.53. The molecule has 298 valence electrons. The van der Waals surface area contributed by atoms with Crippen LogP contribution in [0.25, 0.3) is 0 Å². The van der Waals surface area contributed by atoms with Crippen molar-refractivity contribution < 1.29 is 52.5 Å². The van der Waals surface area contributed by atoms with E-state index in [0.717, 1.165) is 215 Å². The molecule has 0 atom stereocenters. The maximum atomic E-state index is 10.9. The second-order valence-corrected chi connectivity index (χ2v) is 12.4. The van der Waals surface area contributed by atoms with Crippen molar-refractivity contribution >= 4 is 5.97 Å². The van der Waals surface area contributed by atoms with Crippen molar-refractivity contribution in [3.05, 3.63) is 12.7 Å². The van der Waals surface area contributed by atoms with E-state index in [9.17, 15) is 4.79 Å². The van der Waals surface area contributed by atoms with Gasteiger partial charge in [-0.15, -0.1) is 0 Å². The smallest absolute Gasteiger partial charge is 0.330 e. The monoisotopic (exact) mass is 721 g/mol. The Morgan fingerprint density at radius 2 is 0.520 bits per heavy atom. The summed E-state index contributed by atoms with van der Waals surface area (Å²) in [5.74, 6) is -0.369. The molecular formula is C39H76O11. The predicted molar refractivity (Wildman–Crippen MR) is 198 cm³/mol. The Bertz CT molecular complexity index is 654. The minimum absolute atomic E-state index is 0.248. The molecule has 0 bridgehead atoms. The molecule has 0 saturated heterocycles. The van der Waals surface area contributed by atoms with Gasteiger partial charge < -0.3 is 47.7 Å². The van der Waals surface area contributed by atoms with Crippen LogP contribution in [-0.4, -0.2) is 130 Å². The van der Waals surface area contributed by atoms with Crippen LogP contribution < -0.4 is 0 Å². The molecule has 0 aliphatic carbocycles. The van der Waals surface area contributed by atoms with Gasteiger partial charge in [-0.25, -0.2) is 4.79 Å². The van der Waals surface area contributed by atoms with Gasteiger partial charge in [-0.1, -0.05) is 6.58 Å². The molecule has 0 aliphatic heterocycles. The number of rotatable bonds is 45. The van der Waals surface area contributed by atoms with Crippen LogP contribution in [0, 0.1) is 0 Å². The molecule has 0 fully saturated rings. The number of aliphatic hydroxyl groups is 1. The van der Waals surface area contributed by atoms with E-state index in [1.165, 1.54) is 6.08 Å². The van der Waals surface area contributed by atoms with Crippen LogP contribution in [0.4, 0.5) is 0 Å². The number of hydrogen-bond acceptors (Lipinski definition) is 11. The first-order valence-corrected chi connectivity index (χ1v) is 19.8. The SMILES string of the molecule is C=CC(=O)OCCCCOCCCCOCCCCOCCCCOCCCCOCCCCOCCCCOCCCCOCCCCO. The third kappa shape index (κ3) is 44.9. The Kier molecular flexibility index (Phi) is 44.8. The molecule has 0 heterocycles. The topological polar surface area (TPSA) is 120 Å². The zero-order chi connectivity index (χ0) is 36.1. The molecule has 0 saturated carbocycles. The van der Waals surface area contributed by atoms with Crippen molar-refractivity contribution in [1.82, 2.24) is 0 Å². The number of aliphatic hydroxyl groups excluding tert-OH is 1. The summed E-state index contributed by atoms with van der Waals surface area (Å²) in [6, 6.07) is 0. The zero-order valence-electron chi connectivity index (χ0n) is 31.8. The highest BCUT2D eigenvalue weighted by molar-refractivity contribution is 5.81. The lowest BCUT2D eigenvalue weighted by molar-refractivity contribution is -0.137. The Balaban J connectivity index is 3.06. The molecule has 0 aromatic rings. The quantitative estimate of drug-likeness (QED) is 0.0404. The minimum atomic E-state index is -0.369. The average molecular weight is 721 g/mol. The highest BCUT2D eigenvalue weighted by Crippen LogP contribution is 2.01. The maximum Gasteiger partial charge on any atom is 0.330 e. The zero-order valence-corrected chi connectivity index (χ0v) is 31.8. The Hall–Kier alpha value is -1.15. The van der Waals surface area contributed by atoms with E-state index in [1.54, 1.807) is 0 Å². The Labute approximate surface area is 305 Å². The van der Waals surface area contributed by atoms with Crippen molar-refractivity contribution in [2.75, 3.05) is 119 Å². The van der Waals surface area contributed by atoms with Crippen molar-refractivity contribution in [1.29, 1.82) is 0 Å². The van der Waals surface area contributed by atoms with Crippen molar-refractivity contribution in [3.8, 4) is 0 Å². The van der Waals surface area contributed by atoms with E-state index >= 15 is 0 Å². The molecule has 0 rings (SSSR count). The summed E-state index contributed by atoms with van der Waals surface area (Å²) in [6.45, 7) is 16.6. The lowest BCUT2D eigenvalue weighted by Gasteiger charge is -2.08. The van der Waals surface area contributed by atoms with Gasteiger partial charge in [-0.3, -0.25) is 0 Å². The Morgan fingerprint density at radius 3 is 0.700 bits per heavy atom. The largest absolute Gasteiger partial charge is 0.463 e. The van der Waals surface area contributed by atoms with Gasteiger partial charge in [0.25, 0.3) is 0 Å². The van der Waals surface area contributed by atoms with Crippen LogP contribution in [0.15, 0.2) is 12.7 Å². The highest BCUT2D eigenvalue weighted by Gasteiger charge is 1.98. The molecule has 0 spiro atoms. The molecular weight excluding hydrogens is 644 g/mol. The number of carbonyl (C=O) groups excluding carboxylic acids is 1. The second-order valence-electron chi connectivity index (χ2n) is 12.4. The van der Waals surface area contributed by atoms with Gasteiger partial charge in [0, 0.05) is 118 Å².